The van der Waals surface area contributed by atoms with E-state index in [0.717, 1.165) is 29.9 Å². The van der Waals surface area contributed by atoms with Gasteiger partial charge in [-0.2, -0.15) is 0 Å². The molecule has 0 unspecified atom stereocenters. The maximum absolute atomic E-state index is 12.6. The number of piperazine rings is 1. The Balaban J connectivity index is 1.44. The Morgan fingerprint density at radius 1 is 1.04 bits per heavy atom. The topological polar surface area (TPSA) is 43.9 Å². The number of fused-ring (bicyclic) bond motifs is 1. The molecule has 0 radical (unpaired) electrons. The number of halogens is 1. The largest absolute Gasteiger partial charge is 0.368 e. The van der Waals surface area contributed by atoms with Crippen LogP contribution in [0.15, 0.2) is 42.5 Å². The average Bonchev–Trinajstić information content (AvgIpc) is 2.95. The van der Waals surface area contributed by atoms with Crippen LogP contribution in [0.1, 0.15) is 26.3 Å². The third-order valence-corrected chi connectivity index (χ3v) is 5.31. The summed E-state index contributed by atoms with van der Waals surface area (Å²) in [7, 11) is 1.82. The SMILES string of the molecule is CN1Cc2cc(N3CCN(C(=O)c4cccc(Cl)c4)CC3)ccc2C1=O. The number of anilines is 1. The molecule has 2 amide bonds. The zero-order chi connectivity index (χ0) is 18.3. The highest BCUT2D eigenvalue weighted by Crippen LogP contribution is 2.27. The van der Waals surface area contributed by atoms with Gasteiger partial charge in [0.15, 0.2) is 0 Å². The van der Waals surface area contributed by atoms with Gasteiger partial charge in [0, 0.05) is 61.6 Å². The van der Waals surface area contributed by atoms with E-state index in [9.17, 15) is 9.59 Å². The van der Waals surface area contributed by atoms with Crippen molar-refractivity contribution >= 4 is 29.1 Å². The van der Waals surface area contributed by atoms with Crippen LogP contribution < -0.4 is 4.90 Å². The molecule has 0 aromatic heterocycles. The molecule has 0 atom stereocenters. The van der Waals surface area contributed by atoms with Gasteiger partial charge in [0.1, 0.15) is 0 Å². The number of nitrogens with zero attached hydrogens (tertiary/aromatic N) is 3. The van der Waals surface area contributed by atoms with Gasteiger partial charge in [0.25, 0.3) is 11.8 Å². The molecule has 1 saturated heterocycles. The second kappa shape index (κ2) is 6.65. The minimum absolute atomic E-state index is 0.0216. The van der Waals surface area contributed by atoms with Crippen LogP contribution in [0, 0.1) is 0 Å². The van der Waals surface area contributed by atoms with Gasteiger partial charge in [-0.25, -0.2) is 0 Å². The van der Waals surface area contributed by atoms with Crippen LogP contribution in [0.4, 0.5) is 5.69 Å². The van der Waals surface area contributed by atoms with Gasteiger partial charge in [-0.05, 0) is 42.0 Å². The lowest BCUT2D eigenvalue weighted by Gasteiger charge is -2.36. The van der Waals surface area contributed by atoms with E-state index in [1.807, 2.05) is 24.1 Å². The van der Waals surface area contributed by atoms with Gasteiger partial charge >= 0.3 is 0 Å². The van der Waals surface area contributed by atoms with E-state index in [1.54, 1.807) is 29.2 Å². The Kier molecular flexibility index (Phi) is 4.32. The van der Waals surface area contributed by atoms with Crippen LogP contribution >= 0.6 is 11.6 Å². The van der Waals surface area contributed by atoms with Crippen molar-refractivity contribution in [2.45, 2.75) is 6.54 Å². The molecule has 26 heavy (non-hydrogen) atoms. The molecule has 0 aliphatic carbocycles. The summed E-state index contributed by atoms with van der Waals surface area (Å²) < 4.78 is 0. The molecule has 2 aromatic rings. The lowest BCUT2D eigenvalue weighted by molar-refractivity contribution is 0.0746. The summed E-state index contributed by atoms with van der Waals surface area (Å²) in [5.74, 6) is 0.108. The first kappa shape index (κ1) is 16.9. The highest BCUT2D eigenvalue weighted by molar-refractivity contribution is 6.30. The van der Waals surface area contributed by atoms with Crippen molar-refractivity contribution in [1.29, 1.82) is 0 Å². The molecule has 4 rings (SSSR count). The molecule has 0 N–H and O–H groups in total. The Labute approximate surface area is 157 Å². The monoisotopic (exact) mass is 369 g/mol. The molecular formula is C20H20ClN3O2. The van der Waals surface area contributed by atoms with E-state index in [0.29, 0.717) is 30.2 Å². The maximum atomic E-state index is 12.6. The van der Waals surface area contributed by atoms with Crippen LogP contribution in [-0.4, -0.2) is 54.8 Å². The van der Waals surface area contributed by atoms with Crippen LogP contribution in [-0.2, 0) is 6.54 Å². The van der Waals surface area contributed by atoms with Gasteiger partial charge in [-0.1, -0.05) is 17.7 Å². The third-order valence-electron chi connectivity index (χ3n) is 5.08. The summed E-state index contributed by atoms with van der Waals surface area (Å²) in [4.78, 5) is 30.5. The maximum Gasteiger partial charge on any atom is 0.254 e. The second-order valence-corrected chi connectivity index (χ2v) is 7.23. The lowest BCUT2D eigenvalue weighted by Crippen LogP contribution is -2.48. The van der Waals surface area contributed by atoms with Gasteiger partial charge in [-0.15, -0.1) is 0 Å². The number of hydrogen-bond acceptors (Lipinski definition) is 3. The van der Waals surface area contributed by atoms with E-state index in [-0.39, 0.29) is 11.8 Å². The highest BCUT2D eigenvalue weighted by atomic mass is 35.5. The second-order valence-electron chi connectivity index (χ2n) is 6.79. The predicted molar refractivity (Wildman–Crippen MR) is 102 cm³/mol. The molecule has 1 fully saturated rings. The minimum Gasteiger partial charge on any atom is -0.368 e. The number of carbonyl (C=O) groups is 2. The zero-order valence-corrected chi connectivity index (χ0v) is 15.4. The summed E-state index contributed by atoms with van der Waals surface area (Å²) in [6.07, 6.45) is 0. The summed E-state index contributed by atoms with van der Waals surface area (Å²) in [5.41, 5.74) is 3.62. The summed E-state index contributed by atoms with van der Waals surface area (Å²) in [6, 6.07) is 13.1. The molecule has 2 aliphatic rings. The van der Waals surface area contributed by atoms with Crippen molar-refractivity contribution in [3.63, 3.8) is 0 Å². The molecule has 0 saturated carbocycles. The smallest absolute Gasteiger partial charge is 0.254 e. The fraction of sp³-hybridized carbons (Fsp3) is 0.300. The average molecular weight is 370 g/mol. The first-order chi connectivity index (χ1) is 12.5. The standard InChI is InChI=1S/C20H20ClN3O2/c1-22-13-15-12-17(5-6-18(15)20(22)26)23-7-9-24(10-8-23)19(25)14-3-2-4-16(21)11-14/h2-6,11-12H,7-10,13H2,1H3. The first-order valence-electron chi connectivity index (χ1n) is 8.71. The fourth-order valence-electron chi connectivity index (χ4n) is 3.62. The normalized spacial score (nSPS) is 16.8. The van der Waals surface area contributed by atoms with E-state index < -0.39 is 0 Å². The molecule has 0 bridgehead atoms. The van der Waals surface area contributed by atoms with Crippen molar-refractivity contribution in [1.82, 2.24) is 9.80 Å². The number of benzene rings is 2. The zero-order valence-electron chi connectivity index (χ0n) is 14.6. The summed E-state index contributed by atoms with van der Waals surface area (Å²) in [6.45, 7) is 3.54. The predicted octanol–water partition coefficient (Wildman–Crippen LogP) is 2.89. The number of rotatable bonds is 2. The molecule has 6 heteroatoms. The van der Waals surface area contributed by atoms with E-state index >= 15 is 0 Å². The third kappa shape index (κ3) is 3.03. The Morgan fingerprint density at radius 3 is 2.54 bits per heavy atom. The first-order valence-corrected chi connectivity index (χ1v) is 9.09. The van der Waals surface area contributed by atoms with Gasteiger partial charge < -0.3 is 14.7 Å². The van der Waals surface area contributed by atoms with Crippen molar-refractivity contribution in [2.24, 2.45) is 0 Å². The molecule has 2 aliphatic heterocycles. The highest BCUT2D eigenvalue weighted by Gasteiger charge is 2.27. The molecule has 134 valence electrons. The van der Waals surface area contributed by atoms with Crippen LogP contribution in [0.25, 0.3) is 0 Å². The molecule has 0 spiro atoms. The number of hydrogen-bond donors (Lipinski definition) is 0. The quantitative estimate of drug-likeness (QED) is 0.817. The van der Waals surface area contributed by atoms with E-state index in [1.165, 1.54) is 0 Å². The van der Waals surface area contributed by atoms with Gasteiger partial charge in [0.05, 0.1) is 0 Å². The number of carbonyl (C=O) groups excluding carboxylic acids is 2. The van der Waals surface area contributed by atoms with Crippen molar-refractivity contribution in [3.05, 3.63) is 64.2 Å². The Morgan fingerprint density at radius 2 is 1.81 bits per heavy atom. The Bertz CT molecular complexity index is 875. The molecular weight excluding hydrogens is 350 g/mol. The summed E-state index contributed by atoms with van der Waals surface area (Å²) >= 11 is 5.99. The van der Waals surface area contributed by atoms with Gasteiger partial charge in [-0.3, -0.25) is 9.59 Å². The fourth-order valence-corrected chi connectivity index (χ4v) is 3.81. The minimum atomic E-state index is 0.0216. The van der Waals surface area contributed by atoms with E-state index in [4.69, 9.17) is 11.6 Å². The van der Waals surface area contributed by atoms with Crippen LogP contribution in [0.3, 0.4) is 0 Å². The van der Waals surface area contributed by atoms with Crippen LogP contribution in [0.2, 0.25) is 5.02 Å². The van der Waals surface area contributed by atoms with Gasteiger partial charge in [0.2, 0.25) is 0 Å². The molecule has 5 nitrogen and oxygen atoms in total. The van der Waals surface area contributed by atoms with Crippen LogP contribution in [0.5, 0.6) is 0 Å². The summed E-state index contributed by atoms with van der Waals surface area (Å²) in [5, 5.41) is 0.576. The van der Waals surface area contributed by atoms with Crippen molar-refractivity contribution in [2.75, 3.05) is 38.1 Å². The van der Waals surface area contributed by atoms with E-state index in [2.05, 4.69) is 11.0 Å². The lowest BCUT2D eigenvalue weighted by atomic mass is 10.1. The molecule has 2 heterocycles. The van der Waals surface area contributed by atoms with Crippen molar-refractivity contribution < 1.29 is 9.59 Å². The Hall–Kier alpha value is -2.53. The number of amides is 2. The van der Waals surface area contributed by atoms with Crippen molar-refractivity contribution in [3.8, 4) is 0 Å². The molecule has 2 aromatic carbocycles.